The second-order valence-corrected chi connectivity index (χ2v) is 5.23. The highest BCUT2D eigenvalue weighted by atomic mass is 16.5. The minimum Gasteiger partial charge on any atom is -0.383 e. The summed E-state index contributed by atoms with van der Waals surface area (Å²) in [5.74, 6) is -0.419. The van der Waals surface area contributed by atoms with Crippen molar-refractivity contribution in [1.82, 2.24) is 14.9 Å². The summed E-state index contributed by atoms with van der Waals surface area (Å²) >= 11 is 0. The molecule has 2 rings (SSSR count). The van der Waals surface area contributed by atoms with E-state index in [1.807, 2.05) is 30.3 Å². The topological polar surface area (TPSA) is 98.4 Å². The van der Waals surface area contributed by atoms with Gasteiger partial charge < -0.3 is 15.4 Å². The molecular formula is C17H20N4O3. The summed E-state index contributed by atoms with van der Waals surface area (Å²) in [6, 6.07) is 8.70. The Morgan fingerprint density at radius 3 is 2.38 bits per heavy atom. The zero-order chi connectivity index (χ0) is 17.5. The molecule has 0 saturated heterocycles. The first kappa shape index (κ1) is 17.6. The minimum atomic E-state index is -0.749. The SMILES string of the molecule is COCCN(C(=O)c1cnc(-c2ccccc2)nc1)C(C)C(N)=O. The molecule has 2 aromatic rings. The highest BCUT2D eigenvalue weighted by Gasteiger charge is 2.25. The van der Waals surface area contributed by atoms with E-state index in [-0.39, 0.29) is 12.5 Å². The number of methoxy groups -OCH3 is 1. The van der Waals surface area contributed by atoms with Crippen LogP contribution in [0.2, 0.25) is 0 Å². The van der Waals surface area contributed by atoms with Gasteiger partial charge in [0.05, 0.1) is 12.2 Å². The molecule has 1 unspecified atom stereocenters. The van der Waals surface area contributed by atoms with Crippen molar-refractivity contribution in [2.45, 2.75) is 13.0 Å². The lowest BCUT2D eigenvalue weighted by atomic mass is 10.2. The van der Waals surface area contributed by atoms with Crippen LogP contribution in [-0.4, -0.2) is 53.0 Å². The standard InChI is InChI=1S/C17H20N4O3/c1-12(15(18)22)21(8-9-24-2)17(23)14-10-19-16(20-11-14)13-6-4-3-5-7-13/h3-7,10-12H,8-9H2,1-2H3,(H2,18,22). The van der Waals surface area contributed by atoms with Crippen molar-refractivity contribution in [2.75, 3.05) is 20.3 Å². The van der Waals surface area contributed by atoms with Crippen molar-refractivity contribution in [3.05, 3.63) is 48.3 Å². The Hall–Kier alpha value is -2.80. The molecular weight excluding hydrogens is 308 g/mol. The third-order valence-corrected chi connectivity index (χ3v) is 3.61. The van der Waals surface area contributed by atoms with E-state index < -0.39 is 11.9 Å². The molecule has 1 aromatic carbocycles. The summed E-state index contributed by atoms with van der Waals surface area (Å²) in [5.41, 5.74) is 6.47. The zero-order valence-electron chi connectivity index (χ0n) is 13.7. The molecule has 0 aliphatic carbocycles. The largest absolute Gasteiger partial charge is 0.383 e. The molecule has 0 saturated carbocycles. The number of nitrogens with two attached hydrogens (primary N) is 1. The van der Waals surface area contributed by atoms with Gasteiger partial charge in [0.15, 0.2) is 5.82 Å². The minimum absolute atomic E-state index is 0.250. The summed E-state index contributed by atoms with van der Waals surface area (Å²) in [6.07, 6.45) is 2.90. The van der Waals surface area contributed by atoms with Gasteiger partial charge in [-0.25, -0.2) is 9.97 Å². The van der Waals surface area contributed by atoms with Crippen LogP contribution in [-0.2, 0) is 9.53 Å². The van der Waals surface area contributed by atoms with Gasteiger partial charge in [0.1, 0.15) is 6.04 Å². The van der Waals surface area contributed by atoms with E-state index in [4.69, 9.17) is 10.5 Å². The number of carbonyl (C=O) groups is 2. The molecule has 1 aromatic heterocycles. The van der Waals surface area contributed by atoms with E-state index in [0.29, 0.717) is 18.0 Å². The normalized spacial score (nSPS) is 11.8. The second-order valence-electron chi connectivity index (χ2n) is 5.23. The Morgan fingerprint density at radius 1 is 1.21 bits per heavy atom. The van der Waals surface area contributed by atoms with E-state index in [1.54, 1.807) is 6.92 Å². The Kier molecular flexibility index (Phi) is 5.97. The molecule has 0 spiro atoms. The molecule has 2 amide bonds. The Morgan fingerprint density at radius 2 is 1.83 bits per heavy atom. The number of ether oxygens (including phenoxy) is 1. The molecule has 7 heteroatoms. The number of carbonyl (C=O) groups excluding carboxylic acids is 2. The van der Waals surface area contributed by atoms with Crippen LogP contribution in [0.1, 0.15) is 17.3 Å². The highest BCUT2D eigenvalue weighted by molar-refractivity contribution is 5.96. The molecule has 126 valence electrons. The van der Waals surface area contributed by atoms with Crippen LogP contribution < -0.4 is 5.73 Å². The molecule has 0 bridgehead atoms. The van der Waals surface area contributed by atoms with Crippen LogP contribution >= 0.6 is 0 Å². The average molecular weight is 328 g/mol. The van der Waals surface area contributed by atoms with Crippen LogP contribution in [0.5, 0.6) is 0 Å². The molecule has 0 radical (unpaired) electrons. The lowest BCUT2D eigenvalue weighted by Crippen LogP contribution is -2.47. The summed E-state index contributed by atoms with van der Waals surface area (Å²) in [7, 11) is 1.52. The molecule has 0 aliphatic heterocycles. The van der Waals surface area contributed by atoms with Crippen LogP contribution in [0.4, 0.5) is 0 Å². The third-order valence-electron chi connectivity index (χ3n) is 3.61. The van der Waals surface area contributed by atoms with E-state index in [1.165, 1.54) is 24.4 Å². The van der Waals surface area contributed by atoms with Gasteiger partial charge in [-0.15, -0.1) is 0 Å². The number of hydrogen-bond acceptors (Lipinski definition) is 5. The summed E-state index contributed by atoms with van der Waals surface area (Å²) in [5, 5.41) is 0. The van der Waals surface area contributed by atoms with Gasteiger partial charge in [-0.2, -0.15) is 0 Å². The van der Waals surface area contributed by atoms with Crippen LogP contribution in [0.15, 0.2) is 42.7 Å². The Balaban J connectivity index is 2.21. The fraction of sp³-hybridized carbons (Fsp3) is 0.294. The number of amides is 2. The van der Waals surface area contributed by atoms with Crippen molar-refractivity contribution in [1.29, 1.82) is 0 Å². The van der Waals surface area contributed by atoms with Crippen molar-refractivity contribution >= 4 is 11.8 Å². The number of aromatic nitrogens is 2. The number of benzene rings is 1. The van der Waals surface area contributed by atoms with Crippen molar-refractivity contribution in [2.24, 2.45) is 5.73 Å². The van der Waals surface area contributed by atoms with Crippen molar-refractivity contribution in [3.63, 3.8) is 0 Å². The van der Waals surface area contributed by atoms with Crippen LogP contribution in [0.3, 0.4) is 0 Å². The first-order chi connectivity index (χ1) is 11.5. The highest BCUT2D eigenvalue weighted by Crippen LogP contribution is 2.14. The van der Waals surface area contributed by atoms with E-state index in [0.717, 1.165) is 5.56 Å². The number of hydrogen-bond donors (Lipinski definition) is 1. The van der Waals surface area contributed by atoms with E-state index >= 15 is 0 Å². The van der Waals surface area contributed by atoms with E-state index in [9.17, 15) is 9.59 Å². The Labute approximate surface area is 140 Å². The first-order valence-corrected chi connectivity index (χ1v) is 7.51. The summed E-state index contributed by atoms with van der Waals surface area (Å²) < 4.78 is 4.99. The molecule has 7 nitrogen and oxygen atoms in total. The third kappa shape index (κ3) is 4.14. The molecule has 1 heterocycles. The molecule has 0 fully saturated rings. The van der Waals surface area contributed by atoms with Crippen LogP contribution in [0.25, 0.3) is 11.4 Å². The molecule has 1 atom stereocenters. The van der Waals surface area contributed by atoms with Gasteiger partial charge in [-0.1, -0.05) is 30.3 Å². The van der Waals surface area contributed by atoms with Crippen molar-refractivity contribution in [3.8, 4) is 11.4 Å². The number of nitrogens with zero attached hydrogens (tertiary/aromatic N) is 3. The van der Waals surface area contributed by atoms with Gasteiger partial charge in [-0.05, 0) is 6.92 Å². The maximum absolute atomic E-state index is 12.6. The monoisotopic (exact) mass is 328 g/mol. The fourth-order valence-corrected chi connectivity index (χ4v) is 2.15. The zero-order valence-corrected chi connectivity index (χ0v) is 13.7. The lowest BCUT2D eigenvalue weighted by Gasteiger charge is -2.26. The lowest BCUT2D eigenvalue weighted by molar-refractivity contribution is -0.122. The maximum Gasteiger partial charge on any atom is 0.257 e. The summed E-state index contributed by atoms with van der Waals surface area (Å²) in [4.78, 5) is 33.9. The fourth-order valence-electron chi connectivity index (χ4n) is 2.15. The van der Waals surface area contributed by atoms with Crippen molar-refractivity contribution < 1.29 is 14.3 Å². The maximum atomic E-state index is 12.6. The smallest absolute Gasteiger partial charge is 0.257 e. The van der Waals surface area contributed by atoms with E-state index in [2.05, 4.69) is 9.97 Å². The van der Waals surface area contributed by atoms with Gasteiger partial charge in [0, 0.05) is 31.6 Å². The summed E-state index contributed by atoms with van der Waals surface area (Å²) in [6.45, 7) is 2.13. The predicted octanol–water partition coefficient (Wildman–Crippen LogP) is 1.11. The van der Waals surface area contributed by atoms with Gasteiger partial charge in [-0.3, -0.25) is 9.59 Å². The average Bonchev–Trinajstić information content (AvgIpc) is 2.62. The number of primary amides is 1. The van der Waals surface area contributed by atoms with Gasteiger partial charge >= 0.3 is 0 Å². The Bertz CT molecular complexity index is 689. The second kappa shape index (κ2) is 8.16. The number of rotatable bonds is 7. The van der Waals surface area contributed by atoms with Gasteiger partial charge in [0.25, 0.3) is 5.91 Å². The molecule has 0 aliphatic rings. The predicted molar refractivity (Wildman–Crippen MR) is 89.0 cm³/mol. The first-order valence-electron chi connectivity index (χ1n) is 7.51. The van der Waals surface area contributed by atoms with Crippen LogP contribution in [0, 0.1) is 0 Å². The molecule has 24 heavy (non-hydrogen) atoms. The quantitative estimate of drug-likeness (QED) is 0.821. The van der Waals surface area contributed by atoms with Gasteiger partial charge in [0.2, 0.25) is 5.91 Å². The molecule has 2 N–H and O–H groups in total.